The lowest BCUT2D eigenvalue weighted by atomic mass is 10.1. The maximum absolute atomic E-state index is 5.95. The van der Waals surface area contributed by atoms with Crippen LogP contribution >= 0.6 is 0 Å². The molecule has 0 aliphatic heterocycles. The highest BCUT2D eigenvalue weighted by Crippen LogP contribution is 2.28. The molecule has 0 aliphatic carbocycles. The number of pyridine rings is 1. The summed E-state index contributed by atoms with van der Waals surface area (Å²) in [6, 6.07) is 9.56. The molecule has 0 bridgehead atoms. The number of benzene rings is 1. The van der Waals surface area contributed by atoms with Gasteiger partial charge in [0.2, 0.25) is 5.89 Å². The molecule has 0 spiro atoms. The average Bonchev–Trinajstić information content (AvgIpc) is 2.74. The monoisotopic (exact) mass is 239 g/mol. The highest BCUT2D eigenvalue weighted by molar-refractivity contribution is 5.77. The molecular weight excluding hydrogens is 226 g/mol. The smallest absolute Gasteiger partial charge is 0.230 e. The SMILES string of the molecule is Cc1ccc(N)c(-c2nc3nc(C)ccc3o2)c1. The predicted octanol–water partition coefficient (Wildman–Crippen LogP) is 3.09. The van der Waals surface area contributed by atoms with Gasteiger partial charge < -0.3 is 10.2 Å². The van der Waals surface area contributed by atoms with Crippen molar-refractivity contribution in [3.05, 3.63) is 41.6 Å². The van der Waals surface area contributed by atoms with E-state index in [0.717, 1.165) is 16.8 Å². The summed E-state index contributed by atoms with van der Waals surface area (Å²) in [7, 11) is 0. The van der Waals surface area contributed by atoms with Crippen molar-refractivity contribution in [2.45, 2.75) is 13.8 Å². The molecule has 3 aromatic rings. The Balaban J connectivity index is 2.22. The summed E-state index contributed by atoms with van der Waals surface area (Å²) in [6.45, 7) is 3.93. The van der Waals surface area contributed by atoms with Crippen LogP contribution in [0.25, 0.3) is 22.7 Å². The van der Waals surface area contributed by atoms with Crippen LogP contribution in [0.3, 0.4) is 0 Å². The summed E-state index contributed by atoms with van der Waals surface area (Å²) in [5.74, 6) is 0.518. The van der Waals surface area contributed by atoms with Gasteiger partial charge in [0.05, 0.1) is 5.56 Å². The van der Waals surface area contributed by atoms with E-state index in [-0.39, 0.29) is 0 Å². The molecule has 0 saturated carbocycles. The van der Waals surface area contributed by atoms with Crippen LogP contribution in [0.15, 0.2) is 34.7 Å². The minimum absolute atomic E-state index is 0.518. The number of fused-ring (bicyclic) bond motifs is 1. The van der Waals surface area contributed by atoms with Gasteiger partial charge in [-0.25, -0.2) is 4.98 Å². The second-order valence-electron chi connectivity index (χ2n) is 4.38. The van der Waals surface area contributed by atoms with Crippen molar-refractivity contribution in [3.8, 4) is 11.5 Å². The molecule has 4 nitrogen and oxygen atoms in total. The van der Waals surface area contributed by atoms with E-state index < -0.39 is 0 Å². The molecule has 0 amide bonds. The zero-order valence-electron chi connectivity index (χ0n) is 10.3. The van der Waals surface area contributed by atoms with Crippen molar-refractivity contribution in [2.75, 3.05) is 5.73 Å². The second-order valence-corrected chi connectivity index (χ2v) is 4.38. The lowest BCUT2D eigenvalue weighted by Crippen LogP contribution is -1.90. The molecule has 4 heteroatoms. The van der Waals surface area contributed by atoms with Crippen LogP contribution in [0.5, 0.6) is 0 Å². The lowest BCUT2D eigenvalue weighted by Gasteiger charge is -2.01. The summed E-state index contributed by atoms with van der Waals surface area (Å²) in [5.41, 5.74) is 10.7. The number of aryl methyl sites for hydroxylation is 2. The van der Waals surface area contributed by atoms with Gasteiger partial charge >= 0.3 is 0 Å². The summed E-state index contributed by atoms with van der Waals surface area (Å²) < 4.78 is 5.69. The first kappa shape index (κ1) is 10.8. The molecule has 0 aliphatic rings. The quantitative estimate of drug-likeness (QED) is 0.663. The molecule has 0 fully saturated rings. The highest BCUT2D eigenvalue weighted by Gasteiger charge is 2.12. The third-order valence-corrected chi connectivity index (χ3v) is 2.83. The summed E-state index contributed by atoms with van der Waals surface area (Å²) in [4.78, 5) is 8.72. The van der Waals surface area contributed by atoms with Crippen LogP contribution in [-0.2, 0) is 0 Å². The normalized spacial score (nSPS) is 11.0. The number of nitrogens with zero attached hydrogens (tertiary/aromatic N) is 2. The largest absolute Gasteiger partial charge is 0.434 e. The molecule has 2 N–H and O–H groups in total. The van der Waals surface area contributed by atoms with E-state index in [9.17, 15) is 0 Å². The van der Waals surface area contributed by atoms with E-state index in [1.807, 2.05) is 44.2 Å². The predicted molar refractivity (Wildman–Crippen MR) is 71.1 cm³/mol. The Morgan fingerprint density at radius 2 is 1.89 bits per heavy atom. The third-order valence-electron chi connectivity index (χ3n) is 2.83. The molecule has 90 valence electrons. The molecule has 0 unspecified atom stereocenters. The molecule has 0 atom stereocenters. The highest BCUT2D eigenvalue weighted by atomic mass is 16.3. The second kappa shape index (κ2) is 3.84. The number of rotatable bonds is 1. The summed E-state index contributed by atoms with van der Waals surface area (Å²) in [5, 5.41) is 0. The van der Waals surface area contributed by atoms with E-state index in [1.165, 1.54) is 0 Å². The van der Waals surface area contributed by atoms with Crippen molar-refractivity contribution in [3.63, 3.8) is 0 Å². The number of aromatic nitrogens is 2. The number of anilines is 1. The van der Waals surface area contributed by atoms with Crippen molar-refractivity contribution in [1.82, 2.24) is 9.97 Å². The van der Waals surface area contributed by atoms with E-state index in [0.29, 0.717) is 22.8 Å². The number of hydrogen-bond donors (Lipinski definition) is 1. The van der Waals surface area contributed by atoms with Crippen molar-refractivity contribution >= 4 is 16.9 Å². The fraction of sp³-hybridized carbons (Fsp3) is 0.143. The Morgan fingerprint density at radius 1 is 1.06 bits per heavy atom. The topological polar surface area (TPSA) is 64.9 Å². The first-order valence-corrected chi connectivity index (χ1v) is 5.74. The van der Waals surface area contributed by atoms with Gasteiger partial charge in [-0.2, -0.15) is 4.98 Å². The fourth-order valence-corrected chi connectivity index (χ4v) is 1.88. The van der Waals surface area contributed by atoms with Crippen molar-refractivity contribution in [2.24, 2.45) is 0 Å². The Morgan fingerprint density at radius 3 is 2.72 bits per heavy atom. The minimum Gasteiger partial charge on any atom is -0.434 e. The number of nitrogens with two attached hydrogens (primary N) is 1. The summed E-state index contributed by atoms with van der Waals surface area (Å²) in [6.07, 6.45) is 0. The molecule has 3 rings (SSSR count). The molecular formula is C14H13N3O. The maximum atomic E-state index is 5.95. The van der Waals surface area contributed by atoms with Crippen LogP contribution in [0.4, 0.5) is 5.69 Å². The van der Waals surface area contributed by atoms with Gasteiger partial charge in [0.15, 0.2) is 11.2 Å². The number of nitrogen functional groups attached to an aromatic ring is 1. The van der Waals surface area contributed by atoms with Gasteiger partial charge in [-0.15, -0.1) is 0 Å². The van der Waals surface area contributed by atoms with Gasteiger partial charge in [0, 0.05) is 11.4 Å². The fourth-order valence-electron chi connectivity index (χ4n) is 1.88. The number of hydrogen-bond acceptors (Lipinski definition) is 4. The van der Waals surface area contributed by atoms with Crippen molar-refractivity contribution < 1.29 is 4.42 Å². The molecule has 0 saturated heterocycles. The van der Waals surface area contributed by atoms with Crippen LogP contribution in [0, 0.1) is 13.8 Å². The molecule has 2 heterocycles. The maximum Gasteiger partial charge on any atom is 0.230 e. The molecule has 2 aromatic heterocycles. The van der Waals surface area contributed by atoms with Crippen LogP contribution in [0.1, 0.15) is 11.3 Å². The summed E-state index contributed by atoms with van der Waals surface area (Å²) >= 11 is 0. The van der Waals surface area contributed by atoms with Gasteiger partial charge in [-0.1, -0.05) is 11.6 Å². The van der Waals surface area contributed by atoms with Gasteiger partial charge in [0.1, 0.15) is 0 Å². The standard InChI is InChI=1S/C14H13N3O/c1-8-3-5-11(15)10(7-8)14-17-13-12(18-14)6-4-9(2)16-13/h3-7H,15H2,1-2H3. The average molecular weight is 239 g/mol. The third kappa shape index (κ3) is 1.72. The Labute approximate surface area is 104 Å². The van der Waals surface area contributed by atoms with Crippen LogP contribution in [-0.4, -0.2) is 9.97 Å². The van der Waals surface area contributed by atoms with Crippen molar-refractivity contribution in [1.29, 1.82) is 0 Å². The van der Waals surface area contributed by atoms with E-state index in [1.54, 1.807) is 0 Å². The lowest BCUT2D eigenvalue weighted by molar-refractivity contribution is 0.620. The van der Waals surface area contributed by atoms with Crippen LogP contribution < -0.4 is 5.73 Å². The zero-order chi connectivity index (χ0) is 12.7. The Bertz CT molecular complexity index is 731. The molecule has 0 radical (unpaired) electrons. The van der Waals surface area contributed by atoms with E-state index >= 15 is 0 Å². The first-order chi connectivity index (χ1) is 8.63. The number of oxazole rings is 1. The van der Waals surface area contributed by atoms with Gasteiger partial charge in [-0.3, -0.25) is 0 Å². The molecule has 18 heavy (non-hydrogen) atoms. The van der Waals surface area contributed by atoms with E-state index in [2.05, 4.69) is 9.97 Å². The Hall–Kier alpha value is -2.36. The Kier molecular flexibility index (Phi) is 2.30. The zero-order valence-corrected chi connectivity index (χ0v) is 10.3. The minimum atomic E-state index is 0.518. The molecule has 1 aromatic carbocycles. The van der Waals surface area contributed by atoms with Crippen LogP contribution in [0.2, 0.25) is 0 Å². The van der Waals surface area contributed by atoms with Gasteiger partial charge in [0.25, 0.3) is 0 Å². The van der Waals surface area contributed by atoms with E-state index in [4.69, 9.17) is 10.2 Å². The first-order valence-electron chi connectivity index (χ1n) is 5.74. The van der Waals surface area contributed by atoms with Gasteiger partial charge in [-0.05, 0) is 38.1 Å².